The maximum Gasteiger partial charge on any atom is 0.356 e. The fraction of sp³-hybridized carbons (Fsp3) is 0.444. The van der Waals surface area contributed by atoms with Crippen LogP contribution in [0.1, 0.15) is 4.79 Å². The molecule has 0 amide bonds. The average Bonchev–Trinajstić information content (AvgIpc) is 2.40. The van der Waals surface area contributed by atoms with Gasteiger partial charge in [0, 0.05) is 0 Å². The van der Waals surface area contributed by atoms with Crippen molar-refractivity contribution in [3.05, 3.63) is 22.5 Å². The fourth-order valence-corrected chi connectivity index (χ4v) is 1.22. The molecular weight excluding hydrogens is 287 g/mol. The quantitative estimate of drug-likeness (QED) is 0.502. The second kappa shape index (κ2) is 5.56. The summed E-state index contributed by atoms with van der Waals surface area (Å²) < 4.78 is 39.7. The van der Waals surface area contributed by atoms with E-state index in [2.05, 4.69) is 4.98 Å². The number of carbonyl (C=O) groups is 1. The molecule has 0 unspecified atom stereocenters. The Morgan fingerprint density at radius 2 is 2.05 bits per heavy atom. The van der Waals surface area contributed by atoms with Crippen LogP contribution in [0.25, 0.3) is 0 Å². The first kappa shape index (κ1) is 16.1. The molecule has 1 aromatic heterocycles. The van der Waals surface area contributed by atoms with E-state index in [1.54, 1.807) is 0 Å². The van der Waals surface area contributed by atoms with Gasteiger partial charge in [-0.3, -0.25) is 4.79 Å². The Labute approximate surface area is 108 Å². The Bertz CT molecular complexity index is 576. The topological polar surface area (TPSA) is 139 Å². The van der Waals surface area contributed by atoms with Crippen molar-refractivity contribution >= 4 is 11.7 Å². The zero-order chi connectivity index (χ0) is 15.7. The molecule has 0 saturated heterocycles. The lowest BCUT2D eigenvalue weighted by molar-refractivity contribution is -0.136. The third kappa shape index (κ3) is 2.79. The van der Waals surface area contributed by atoms with Crippen LogP contribution in [0.2, 0.25) is 0 Å². The summed E-state index contributed by atoms with van der Waals surface area (Å²) in [6, 6.07) is 0. The number of halogens is 3. The van der Waals surface area contributed by atoms with Crippen LogP contribution in [-0.2, 0) is 0 Å². The lowest BCUT2D eigenvalue weighted by Gasteiger charge is -2.24. The molecule has 11 heteroatoms. The maximum atomic E-state index is 13.5. The highest BCUT2D eigenvalue weighted by molar-refractivity contribution is 5.86. The third-order valence-electron chi connectivity index (χ3n) is 2.34. The highest BCUT2D eigenvalue weighted by Crippen LogP contribution is 2.23. The van der Waals surface area contributed by atoms with E-state index in [1.165, 1.54) is 0 Å². The number of anilines is 1. The Balaban J connectivity index is 3.24. The van der Waals surface area contributed by atoms with Crippen molar-refractivity contribution in [1.82, 2.24) is 9.55 Å². The predicted octanol–water partition coefficient (Wildman–Crippen LogP) is -2.05. The number of alkyl halides is 2. The molecule has 0 bridgehead atoms. The minimum atomic E-state index is -4.66. The summed E-state index contributed by atoms with van der Waals surface area (Å²) in [5.74, 6) is -9.27. The van der Waals surface area contributed by atoms with Crippen molar-refractivity contribution in [1.29, 1.82) is 0 Å². The van der Waals surface area contributed by atoms with E-state index in [-0.39, 0.29) is 10.8 Å². The molecule has 0 aliphatic heterocycles. The van der Waals surface area contributed by atoms with Gasteiger partial charge in [-0.05, 0) is 0 Å². The normalized spacial score (nSPS) is 14.9. The standard InChI is InChI=1S/C9H10F3N3O5/c10-3-1-15(8(20)14-6(3)13)7(19)9(11,12)5(18)4(17)2-16/h1,4-5,16-18H,2H2,(H2,13,14,20)/t4-,5-/m1/s1. The number of nitrogen functional groups attached to an aromatic ring is 1. The second-order valence-corrected chi connectivity index (χ2v) is 3.75. The molecule has 1 aromatic rings. The molecule has 20 heavy (non-hydrogen) atoms. The summed E-state index contributed by atoms with van der Waals surface area (Å²) in [6.45, 7) is -1.26. The summed E-state index contributed by atoms with van der Waals surface area (Å²) in [4.78, 5) is 25.4. The number of carbonyl (C=O) groups excluding carboxylic acids is 1. The molecule has 1 heterocycles. The van der Waals surface area contributed by atoms with Crippen molar-refractivity contribution in [2.45, 2.75) is 18.1 Å². The predicted molar refractivity (Wildman–Crippen MR) is 57.5 cm³/mol. The highest BCUT2D eigenvalue weighted by atomic mass is 19.3. The fourth-order valence-electron chi connectivity index (χ4n) is 1.22. The minimum Gasteiger partial charge on any atom is -0.394 e. The van der Waals surface area contributed by atoms with Gasteiger partial charge in [0.1, 0.15) is 6.10 Å². The van der Waals surface area contributed by atoms with Crippen molar-refractivity contribution in [3.63, 3.8) is 0 Å². The van der Waals surface area contributed by atoms with Crippen LogP contribution in [0.3, 0.4) is 0 Å². The molecule has 5 N–H and O–H groups in total. The molecule has 8 nitrogen and oxygen atoms in total. The van der Waals surface area contributed by atoms with Gasteiger partial charge >= 0.3 is 17.5 Å². The van der Waals surface area contributed by atoms with E-state index in [0.29, 0.717) is 0 Å². The van der Waals surface area contributed by atoms with Gasteiger partial charge in [0.15, 0.2) is 17.7 Å². The molecule has 0 aliphatic carbocycles. The number of aromatic nitrogens is 2. The van der Waals surface area contributed by atoms with E-state index in [0.717, 1.165) is 0 Å². The van der Waals surface area contributed by atoms with Gasteiger partial charge in [0.2, 0.25) is 0 Å². The summed E-state index contributed by atoms with van der Waals surface area (Å²) in [6.07, 6.45) is -5.25. The Hall–Kier alpha value is -1.98. The van der Waals surface area contributed by atoms with Gasteiger partial charge < -0.3 is 21.1 Å². The van der Waals surface area contributed by atoms with Gasteiger partial charge in [0.25, 0.3) is 0 Å². The molecule has 0 saturated carbocycles. The zero-order valence-electron chi connectivity index (χ0n) is 9.70. The largest absolute Gasteiger partial charge is 0.394 e. The van der Waals surface area contributed by atoms with E-state index in [1.807, 2.05) is 0 Å². The number of aliphatic hydroxyl groups is 3. The van der Waals surface area contributed by atoms with Crippen LogP contribution in [0.15, 0.2) is 11.0 Å². The number of hydrogen-bond acceptors (Lipinski definition) is 7. The molecule has 0 aromatic carbocycles. The van der Waals surface area contributed by atoms with Crippen molar-refractivity contribution < 1.29 is 33.3 Å². The van der Waals surface area contributed by atoms with Gasteiger partial charge in [-0.2, -0.15) is 13.8 Å². The van der Waals surface area contributed by atoms with Crippen molar-refractivity contribution in [2.24, 2.45) is 0 Å². The molecule has 0 aliphatic rings. The van der Waals surface area contributed by atoms with E-state index < -0.39 is 48.0 Å². The lowest BCUT2D eigenvalue weighted by Crippen LogP contribution is -2.53. The van der Waals surface area contributed by atoms with Gasteiger partial charge in [-0.1, -0.05) is 0 Å². The van der Waals surface area contributed by atoms with Crippen molar-refractivity contribution in [3.8, 4) is 0 Å². The maximum absolute atomic E-state index is 13.5. The van der Waals surface area contributed by atoms with Crippen LogP contribution >= 0.6 is 0 Å². The Kier molecular flexibility index (Phi) is 4.47. The smallest absolute Gasteiger partial charge is 0.356 e. The van der Waals surface area contributed by atoms with Crippen LogP contribution in [0.5, 0.6) is 0 Å². The van der Waals surface area contributed by atoms with Crippen LogP contribution in [-0.4, -0.2) is 55.5 Å². The van der Waals surface area contributed by atoms with E-state index in [9.17, 15) is 22.8 Å². The Morgan fingerprint density at radius 3 is 2.55 bits per heavy atom. The lowest BCUT2D eigenvalue weighted by atomic mass is 10.1. The van der Waals surface area contributed by atoms with Gasteiger partial charge in [-0.15, -0.1) is 0 Å². The molecule has 0 spiro atoms. The molecule has 1 rings (SSSR count). The number of nitrogens with zero attached hydrogens (tertiary/aromatic N) is 2. The van der Waals surface area contributed by atoms with E-state index in [4.69, 9.17) is 21.1 Å². The number of nitrogens with two attached hydrogens (primary N) is 1. The summed E-state index contributed by atoms with van der Waals surface area (Å²) in [7, 11) is 0. The molecule has 112 valence electrons. The first-order valence-electron chi connectivity index (χ1n) is 5.07. The number of hydrogen-bond donors (Lipinski definition) is 4. The number of aliphatic hydroxyl groups excluding tert-OH is 3. The highest BCUT2D eigenvalue weighted by Gasteiger charge is 2.51. The molecule has 2 atom stereocenters. The summed E-state index contributed by atoms with van der Waals surface area (Å²) >= 11 is 0. The van der Waals surface area contributed by atoms with E-state index >= 15 is 0 Å². The van der Waals surface area contributed by atoms with Crippen LogP contribution in [0.4, 0.5) is 19.0 Å². The molecular formula is C9H10F3N3O5. The Morgan fingerprint density at radius 1 is 1.50 bits per heavy atom. The molecule has 0 fully saturated rings. The van der Waals surface area contributed by atoms with Crippen LogP contribution in [0, 0.1) is 5.82 Å². The first-order valence-corrected chi connectivity index (χ1v) is 5.07. The first-order chi connectivity index (χ1) is 9.12. The number of rotatable bonds is 4. The monoisotopic (exact) mass is 297 g/mol. The summed E-state index contributed by atoms with van der Waals surface area (Å²) in [5.41, 5.74) is 3.32. The second-order valence-electron chi connectivity index (χ2n) is 3.75. The third-order valence-corrected chi connectivity index (χ3v) is 2.34. The molecule has 0 radical (unpaired) electrons. The average molecular weight is 297 g/mol. The summed E-state index contributed by atoms with van der Waals surface area (Å²) in [5, 5.41) is 26.4. The van der Waals surface area contributed by atoms with Gasteiger partial charge in [-0.25, -0.2) is 13.8 Å². The van der Waals surface area contributed by atoms with Crippen molar-refractivity contribution in [2.75, 3.05) is 12.3 Å². The van der Waals surface area contributed by atoms with Gasteiger partial charge in [0.05, 0.1) is 12.8 Å². The minimum absolute atomic E-state index is 0.0823. The SMILES string of the molecule is Nc1nc(=O)n(C(=O)C(F)(F)[C@H](O)[C@H](O)CO)cc1F. The zero-order valence-corrected chi connectivity index (χ0v) is 9.70. The van der Waals surface area contributed by atoms with Crippen LogP contribution < -0.4 is 11.4 Å².